The van der Waals surface area contributed by atoms with Gasteiger partial charge in [0.25, 0.3) is 0 Å². The monoisotopic (exact) mass is 416 g/mol. The number of rotatable bonds is 6. The van der Waals surface area contributed by atoms with E-state index >= 15 is 0 Å². The second kappa shape index (κ2) is 7.85. The maximum Gasteiger partial charge on any atom is 0.326 e. The van der Waals surface area contributed by atoms with Crippen molar-refractivity contribution in [2.45, 2.75) is 25.2 Å². The molecule has 6 nitrogen and oxygen atoms in total. The zero-order chi connectivity index (χ0) is 21.5. The van der Waals surface area contributed by atoms with E-state index in [4.69, 9.17) is 9.72 Å². The number of fused-ring (bicyclic) bond motifs is 3. The molecule has 6 heteroatoms. The Labute approximate surface area is 181 Å². The minimum Gasteiger partial charge on any atom is -0.492 e. The summed E-state index contributed by atoms with van der Waals surface area (Å²) in [5.74, 6) is 1.32. The van der Waals surface area contributed by atoms with Crippen molar-refractivity contribution < 1.29 is 4.74 Å². The summed E-state index contributed by atoms with van der Waals surface area (Å²) in [5.41, 5.74) is 5.95. The quantitative estimate of drug-likeness (QED) is 0.509. The fourth-order valence-corrected chi connectivity index (χ4v) is 4.27. The summed E-state index contributed by atoms with van der Waals surface area (Å²) < 4.78 is 7.52. The van der Waals surface area contributed by atoms with Crippen molar-refractivity contribution in [2.24, 2.45) is 7.05 Å². The molecule has 1 saturated carbocycles. The maximum atomic E-state index is 12.4. The third-order valence-corrected chi connectivity index (χ3v) is 6.34. The van der Waals surface area contributed by atoms with E-state index in [2.05, 4.69) is 40.2 Å². The first kappa shape index (κ1) is 19.8. The average molecular weight is 417 g/mol. The van der Waals surface area contributed by atoms with Crippen LogP contribution in [0.2, 0.25) is 0 Å². The first-order chi connectivity index (χ1) is 15.0. The van der Waals surface area contributed by atoms with E-state index in [1.54, 1.807) is 4.57 Å². The average Bonchev–Trinajstić information content (AvgIpc) is 3.02. The van der Waals surface area contributed by atoms with Crippen LogP contribution in [0.5, 0.6) is 5.75 Å². The number of aryl methyl sites for hydroxylation is 1. The van der Waals surface area contributed by atoms with Crippen LogP contribution in [0.25, 0.3) is 33.1 Å². The normalized spacial score (nSPS) is 14.5. The number of nitrogens with zero attached hydrogens (tertiary/aromatic N) is 3. The van der Waals surface area contributed by atoms with Gasteiger partial charge in [-0.15, -0.1) is 0 Å². The van der Waals surface area contributed by atoms with E-state index < -0.39 is 0 Å². The van der Waals surface area contributed by atoms with E-state index in [0.29, 0.717) is 12.5 Å². The number of pyridine rings is 1. The van der Waals surface area contributed by atoms with Gasteiger partial charge in [-0.25, -0.2) is 4.79 Å². The van der Waals surface area contributed by atoms with Crippen molar-refractivity contribution >= 4 is 21.9 Å². The maximum absolute atomic E-state index is 12.4. The van der Waals surface area contributed by atoms with Gasteiger partial charge in [0.05, 0.1) is 22.2 Å². The Kier molecular flexibility index (Phi) is 5.02. The third kappa shape index (κ3) is 3.61. The lowest BCUT2D eigenvalue weighted by atomic mass is 9.82. The SMILES string of the molecule is CN(C)CCOc1ccc(-c2ccc3nc(C4CCC4)c4c([nH]c(=O)n4C)c3c2)cc1. The number of likely N-dealkylation sites (N-methyl/N-ethyl adjacent to an activating group) is 1. The fourth-order valence-electron chi connectivity index (χ4n) is 4.27. The molecule has 0 bridgehead atoms. The predicted octanol–water partition coefficient (Wildman–Crippen LogP) is 4.29. The highest BCUT2D eigenvalue weighted by molar-refractivity contribution is 6.04. The number of H-pyrrole nitrogens is 1. The van der Waals surface area contributed by atoms with Gasteiger partial charge in [-0.05, 0) is 62.3 Å². The Morgan fingerprint density at radius 1 is 1.13 bits per heavy atom. The van der Waals surface area contributed by atoms with Crippen LogP contribution in [0.1, 0.15) is 30.9 Å². The van der Waals surface area contributed by atoms with Crippen LogP contribution < -0.4 is 10.4 Å². The van der Waals surface area contributed by atoms with Crippen molar-refractivity contribution in [1.29, 1.82) is 0 Å². The molecule has 4 aromatic rings. The molecule has 160 valence electrons. The number of hydrogen-bond acceptors (Lipinski definition) is 4. The summed E-state index contributed by atoms with van der Waals surface area (Å²) in [4.78, 5) is 22.6. The lowest BCUT2D eigenvalue weighted by molar-refractivity contribution is 0.261. The molecule has 1 aliphatic rings. The Balaban J connectivity index is 1.53. The van der Waals surface area contributed by atoms with Crippen LogP contribution >= 0.6 is 0 Å². The van der Waals surface area contributed by atoms with Crippen LogP contribution in [0.15, 0.2) is 47.3 Å². The number of benzene rings is 2. The van der Waals surface area contributed by atoms with Crippen LogP contribution in [-0.2, 0) is 7.05 Å². The van der Waals surface area contributed by atoms with E-state index in [9.17, 15) is 4.79 Å². The molecule has 0 saturated heterocycles. The zero-order valence-corrected chi connectivity index (χ0v) is 18.3. The Morgan fingerprint density at radius 3 is 2.55 bits per heavy atom. The highest BCUT2D eigenvalue weighted by Gasteiger charge is 2.26. The summed E-state index contributed by atoms with van der Waals surface area (Å²) in [5, 5.41) is 0.986. The Morgan fingerprint density at radius 2 is 1.87 bits per heavy atom. The van der Waals surface area contributed by atoms with Gasteiger partial charge in [-0.3, -0.25) is 9.55 Å². The lowest BCUT2D eigenvalue weighted by Crippen LogP contribution is -2.19. The fraction of sp³-hybridized carbons (Fsp3) is 0.360. The molecular formula is C25H28N4O2. The van der Waals surface area contributed by atoms with Crippen LogP contribution in [-0.4, -0.2) is 46.7 Å². The number of imidazole rings is 1. The van der Waals surface area contributed by atoms with Gasteiger partial charge < -0.3 is 14.6 Å². The topological polar surface area (TPSA) is 63.1 Å². The standard InChI is InChI=1S/C25H28N4O2/c1-28(2)13-14-31-19-10-7-16(8-11-19)18-9-12-21-20(15-18)23-24(29(3)25(30)27-23)22(26-21)17-5-4-6-17/h7-12,15,17H,4-6,13-14H2,1-3H3,(H,27,30). The van der Waals surface area contributed by atoms with Gasteiger partial charge in [-0.2, -0.15) is 0 Å². The van der Waals surface area contributed by atoms with Crippen molar-refractivity contribution in [3.63, 3.8) is 0 Å². The van der Waals surface area contributed by atoms with Gasteiger partial charge in [0.15, 0.2) is 0 Å². The first-order valence-electron chi connectivity index (χ1n) is 10.9. The first-order valence-corrected chi connectivity index (χ1v) is 10.9. The van der Waals surface area contributed by atoms with Crippen LogP contribution in [0.4, 0.5) is 0 Å². The molecule has 0 unspecified atom stereocenters. The number of nitrogens with one attached hydrogen (secondary N) is 1. The molecule has 31 heavy (non-hydrogen) atoms. The summed E-state index contributed by atoms with van der Waals surface area (Å²) >= 11 is 0. The molecule has 1 N–H and O–H groups in total. The molecule has 2 heterocycles. The van der Waals surface area contributed by atoms with E-state index in [1.807, 2.05) is 33.3 Å². The number of ether oxygens (including phenoxy) is 1. The molecule has 0 radical (unpaired) electrons. The van der Waals surface area contributed by atoms with Gasteiger partial charge in [0.1, 0.15) is 12.4 Å². The molecular weight excluding hydrogens is 388 g/mol. The molecule has 0 aliphatic heterocycles. The summed E-state index contributed by atoms with van der Waals surface area (Å²) in [6.07, 6.45) is 3.53. The minimum absolute atomic E-state index is 0.0884. The van der Waals surface area contributed by atoms with Crippen molar-refractivity contribution in [2.75, 3.05) is 27.2 Å². The summed E-state index contributed by atoms with van der Waals surface area (Å²) in [6, 6.07) is 14.5. The second-order valence-corrected chi connectivity index (χ2v) is 8.75. The zero-order valence-electron chi connectivity index (χ0n) is 18.3. The van der Waals surface area contributed by atoms with E-state index in [0.717, 1.165) is 63.9 Å². The molecule has 0 spiro atoms. The van der Waals surface area contributed by atoms with Crippen molar-refractivity contribution in [3.05, 3.63) is 58.6 Å². The van der Waals surface area contributed by atoms with Gasteiger partial charge in [-0.1, -0.05) is 24.6 Å². The molecule has 0 amide bonds. The number of aromatic amines is 1. The van der Waals surface area contributed by atoms with Crippen molar-refractivity contribution in [1.82, 2.24) is 19.4 Å². The Bertz CT molecular complexity index is 1300. The van der Waals surface area contributed by atoms with Crippen LogP contribution in [0, 0.1) is 0 Å². The van der Waals surface area contributed by atoms with Crippen LogP contribution in [0.3, 0.4) is 0 Å². The molecule has 1 fully saturated rings. The number of hydrogen-bond donors (Lipinski definition) is 1. The van der Waals surface area contributed by atoms with Crippen molar-refractivity contribution in [3.8, 4) is 16.9 Å². The molecule has 1 aliphatic carbocycles. The van der Waals surface area contributed by atoms with Gasteiger partial charge >= 0.3 is 5.69 Å². The predicted molar refractivity (Wildman–Crippen MR) is 125 cm³/mol. The highest BCUT2D eigenvalue weighted by atomic mass is 16.5. The summed E-state index contributed by atoms with van der Waals surface area (Å²) in [6.45, 7) is 1.55. The second-order valence-electron chi connectivity index (χ2n) is 8.75. The van der Waals surface area contributed by atoms with Gasteiger partial charge in [0.2, 0.25) is 0 Å². The highest BCUT2D eigenvalue weighted by Crippen LogP contribution is 2.40. The Hall–Kier alpha value is -3.12. The van der Waals surface area contributed by atoms with E-state index in [1.165, 1.54) is 6.42 Å². The molecule has 2 aromatic heterocycles. The smallest absolute Gasteiger partial charge is 0.326 e. The largest absolute Gasteiger partial charge is 0.492 e. The molecule has 5 rings (SSSR count). The molecule has 2 aromatic carbocycles. The summed E-state index contributed by atoms with van der Waals surface area (Å²) in [7, 11) is 5.90. The third-order valence-electron chi connectivity index (χ3n) is 6.34. The lowest BCUT2D eigenvalue weighted by Gasteiger charge is -2.26. The van der Waals surface area contributed by atoms with E-state index in [-0.39, 0.29) is 5.69 Å². The van der Waals surface area contributed by atoms with Gasteiger partial charge in [0, 0.05) is 24.9 Å². The minimum atomic E-state index is -0.0884. The molecule has 0 atom stereocenters. The number of aromatic nitrogens is 3.